The van der Waals surface area contributed by atoms with Crippen LogP contribution in [-0.4, -0.2) is 15.8 Å². The molecule has 0 aliphatic carbocycles. The van der Waals surface area contributed by atoms with Gasteiger partial charge in [0.05, 0.1) is 6.20 Å². The van der Waals surface area contributed by atoms with E-state index in [-0.39, 0.29) is 6.04 Å². The highest BCUT2D eigenvalue weighted by Crippen LogP contribution is 2.12. The molecule has 1 aromatic rings. The summed E-state index contributed by atoms with van der Waals surface area (Å²) < 4.78 is 1.83. The Morgan fingerprint density at radius 2 is 2.29 bits per heavy atom. The summed E-state index contributed by atoms with van der Waals surface area (Å²) in [4.78, 5) is 0. The van der Waals surface area contributed by atoms with Crippen molar-refractivity contribution in [1.82, 2.24) is 9.78 Å². The zero-order chi connectivity index (χ0) is 10.6. The van der Waals surface area contributed by atoms with Gasteiger partial charge in [0.1, 0.15) is 0 Å². The molecular weight excluding hydrogens is 174 g/mol. The first kappa shape index (κ1) is 11.2. The van der Waals surface area contributed by atoms with Gasteiger partial charge in [0.15, 0.2) is 0 Å². The van der Waals surface area contributed by atoms with Gasteiger partial charge < -0.3 is 5.73 Å². The van der Waals surface area contributed by atoms with Crippen LogP contribution >= 0.6 is 0 Å². The fourth-order valence-corrected chi connectivity index (χ4v) is 1.72. The third kappa shape index (κ3) is 3.14. The Hall–Kier alpha value is -0.830. The largest absolute Gasteiger partial charge is 0.327 e. The highest BCUT2D eigenvalue weighted by Gasteiger charge is 2.12. The molecule has 2 N–H and O–H groups in total. The van der Waals surface area contributed by atoms with Crippen LogP contribution in [0.2, 0.25) is 0 Å². The standard InChI is InChI=1S/C11H21N3/c1-4-5-9(2)11(12)6-10-7-13-14(3)8-10/h7-9,11H,4-6,12H2,1-3H3. The number of rotatable bonds is 5. The Bertz CT molecular complexity index is 267. The minimum absolute atomic E-state index is 0.263. The molecule has 3 heteroatoms. The van der Waals surface area contributed by atoms with Gasteiger partial charge in [-0.15, -0.1) is 0 Å². The van der Waals surface area contributed by atoms with E-state index in [2.05, 4.69) is 18.9 Å². The molecule has 0 aromatic carbocycles. The summed E-state index contributed by atoms with van der Waals surface area (Å²) in [6, 6.07) is 0.263. The average Bonchev–Trinajstić information content (AvgIpc) is 2.51. The number of nitrogens with two attached hydrogens (primary N) is 1. The van der Waals surface area contributed by atoms with Crippen molar-refractivity contribution in [2.75, 3.05) is 0 Å². The second kappa shape index (κ2) is 5.15. The van der Waals surface area contributed by atoms with Crippen LogP contribution < -0.4 is 5.73 Å². The third-order valence-corrected chi connectivity index (χ3v) is 2.70. The second-order valence-electron chi connectivity index (χ2n) is 4.16. The van der Waals surface area contributed by atoms with Gasteiger partial charge in [0.2, 0.25) is 0 Å². The van der Waals surface area contributed by atoms with Crippen LogP contribution in [0.15, 0.2) is 12.4 Å². The molecule has 0 aliphatic rings. The van der Waals surface area contributed by atoms with Gasteiger partial charge in [-0.2, -0.15) is 5.10 Å². The SMILES string of the molecule is CCCC(C)C(N)Cc1cnn(C)c1. The Balaban J connectivity index is 2.43. The molecule has 0 aliphatic heterocycles. The first-order chi connectivity index (χ1) is 6.63. The molecule has 1 rings (SSSR count). The predicted octanol–water partition coefficient (Wildman–Crippen LogP) is 1.73. The lowest BCUT2D eigenvalue weighted by molar-refractivity contribution is 0.420. The van der Waals surface area contributed by atoms with Crippen molar-refractivity contribution >= 4 is 0 Å². The zero-order valence-electron chi connectivity index (χ0n) is 9.40. The lowest BCUT2D eigenvalue weighted by Gasteiger charge is -2.18. The minimum Gasteiger partial charge on any atom is -0.327 e. The van der Waals surface area contributed by atoms with E-state index < -0.39 is 0 Å². The molecule has 14 heavy (non-hydrogen) atoms. The van der Waals surface area contributed by atoms with Crippen LogP contribution in [0.5, 0.6) is 0 Å². The van der Waals surface area contributed by atoms with Gasteiger partial charge in [0, 0.05) is 19.3 Å². The second-order valence-corrected chi connectivity index (χ2v) is 4.16. The quantitative estimate of drug-likeness (QED) is 0.777. The van der Waals surface area contributed by atoms with E-state index in [9.17, 15) is 0 Å². The van der Waals surface area contributed by atoms with Crippen molar-refractivity contribution in [1.29, 1.82) is 0 Å². The summed E-state index contributed by atoms with van der Waals surface area (Å²) in [6.45, 7) is 4.43. The van der Waals surface area contributed by atoms with Crippen molar-refractivity contribution in [2.45, 2.75) is 39.2 Å². The zero-order valence-corrected chi connectivity index (χ0v) is 9.40. The summed E-state index contributed by atoms with van der Waals surface area (Å²) in [6.07, 6.45) is 7.30. The lowest BCUT2D eigenvalue weighted by atomic mass is 9.93. The van der Waals surface area contributed by atoms with Crippen molar-refractivity contribution in [3.8, 4) is 0 Å². The fraction of sp³-hybridized carbons (Fsp3) is 0.727. The van der Waals surface area contributed by atoms with Crippen molar-refractivity contribution in [2.24, 2.45) is 18.7 Å². The van der Waals surface area contributed by atoms with Gasteiger partial charge in [-0.05, 0) is 24.3 Å². The molecule has 80 valence electrons. The molecule has 1 aromatic heterocycles. The Labute approximate surface area is 86.3 Å². The Morgan fingerprint density at radius 3 is 2.79 bits per heavy atom. The van der Waals surface area contributed by atoms with E-state index in [1.165, 1.54) is 18.4 Å². The summed E-state index contributed by atoms with van der Waals surface area (Å²) in [5.74, 6) is 0.597. The Kier molecular flexibility index (Phi) is 4.14. The van der Waals surface area contributed by atoms with Crippen molar-refractivity contribution < 1.29 is 0 Å². The third-order valence-electron chi connectivity index (χ3n) is 2.70. The number of nitrogens with zero attached hydrogens (tertiary/aromatic N) is 2. The highest BCUT2D eigenvalue weighted by molar-refractivity contribution is 5.06. The van der Waals surface area contributed by atoms with Gasteiger partial charge >= 0.3 is 0 Å². The van der Waals surface area contributed by atoms with Crippen molar-refractivity contribution in [3.63, 3.8) is 0 Å². The van der Waals surface area contributed by atoms with Gasteiger partial charge in [-0.3, -0.25) is 4.68 Å². The molecule has 3 nitrogen and oxygen atoms in total. The molecular formula is C11H21N3. The lowest BCUT2D eigenvalue weighted by Crippen LogP contribution is -2.30. The molecule has 0 saturated carbocycles. The molecule has 0 amide bonds. The molecule has 0 saturated heterocycles. The normalized spacial score (nSPS) is 15.4. The molecule has 0 radical (unpaired) electrons. The van der Waals surface area contributed by atoms with Crippen molar-refractivity contribution in [3.05, 3.63) is 18.0 Å². The molecule has 0 bridgehead atoms. The average molecular weight is 195 g/mol. The van der Waals surface area contributed by atoms with Crippen LogP contribution in [-0.2, 0) is 13.5 Å². The predicted molar refractivity (Wildman–Crippen MR) is 59.0 cm³/mol. The topological polar surface area (TPSA) is 43.8 Å². The van der Waals surface area contributed by atoms with Crippen LogP contribution in [0, 0.1) is 5.92 Å². The van der Waals surface area contributed by atoms with E-state index >= 15 is 0 Å². The molecule has 0 fully saturated rings. The maximum atomic E-state index is 6.11. The van der Waals surface area contributed by atoms with Crippen LogP contribution in [0.25, 0.3) is 0 Å². The molecule has 2 unspecified atom stereocenters. The minimum atomic E-state index is 0.263. The summed E-state index contributed by atoms with van der Waals surface area (Å²) in [7, 11) is 1.94. The van der Waals surface area contributed by atoms with E-state index in [1.54, 1.807) is 0 Å². The number of hydrogen-bond acceptors (Lipinski definition) is 2. The van der Waals surface area contributed by atoms with E-state index in [0.717, 1.165) is 6.42 Å². The van der Waals surface area contributed by atoms with Gasteiger partial charge in [-0.25, -0.2) is 0 Å². The number of aromatic nitrogens is 2. The molecule has 2 atom stereocenters. The fourth-order valence-electron chi connectivity index (χ4n) is 1.72. The monoisotopic (exact) mass is 195 g/mol. The Morgan fingerprint density at radius 1 is 1.57 bits per heavy atom. The summed E-state index contributed by atoms with van der Waals surface area (Å²) in [5, 5.41) is 4.14. The number of hydrogen-bond donors (Lipinski definition) is 1. The van der Waals surface area contributed by atoms with Gasteiger partial charge in [0.25, 0.3) is 0 Å². The molecule has 1 heterocycles. The number of aryl methyl sites for hydroxylation is 1. The first-order valence-electron chi connectivity index (χ1n) is 5.36. The summed E-state index contributed by atoms with van der Waals surface area (Å²) >= 11 is 0. The maximum absolute atomic E-state index is 6.11. The van der Waals surface area contributed by atoms with Crippen LogP contribution in [0.3, 0.4) is 0 Å². The van der Waals surface area contributed by atoms with Gasteiger partial charge in [-0.1, -0.05) is 20.3 Å². The summed E-state index contributed by atoms with van der Waals surface area (Å²) in [5.41, 5.74) is 7.35. The van der Waals surface area contributed by atoms with Crippen LogP contribution in [0.1, 0.15) is 32.3 Å². The highest BCUT2D eigenvalue weighted by atomic mass is 15.2. The van der Waals surface area contributed by atoms with Crippen LogP contribution in [0.4, 0.5) is 0 Å². The van der Waals surface area contributed by atoms with E-state index in [1.807, 2.05) is 24.1 Å². The first-order valence-corrected chi connectivity index (χ1v) is 5.36. The van der Waals surface area contributed by atoms with E-state index in [0.29, 0.717) is 5.92 Å². The van der Waals surface area contributed by atoms with E-state index in [4.69, 9.17) is 5.73 Å². The smallest absolute Gasteiger partial charge is 0.0522 e. The maximum Gasteiger partial charge on any atom is 0.0522 e. The molecule has 0 spiro atoms.